The molecule has 0 saturated carbocycles. The predicted molar refractivity (Wildman–Crippen MR) is 184 cm³/mol. The van der Waals surface area contributed by atoms with Crippen molar-refractivity contribution in [1.29, 1.82) is 5.26 Å². The van der Waals surface area contributed by atoms with Crippen LogP contribution in [0.1, 0.15) is 104 Å². The fourth-order valence-corrected chi connectivity index (χ4v) is 5.27. The quantitative estimate of drug-likeness (QED) is 0.221. The van der Waals surface area contributed by atoms with Gasteiger partial charge in [-0.05, 0) is 108 Å². The minimum Gasteiger partial charge on any atom is -0.478 e. The van der Waals surface area contributed by atoms with Crippen LogP contribution in [-0.2, 0) is 11.3 Å². The number of likely N-dealkylation sites (tertiary alicyclic amines) is 1. The van der Waals surface area contributed by atoms with Gasteiger partial charge in [0.15, 0.2) is 0 Å². The molecule has 252 valence electrons. The lowest BCUT2D eigenvalue weighted by molar-refractivity contribution is -0.0553. The Morgan fingerprint density at radius 1 is 1.13 bits per heavy atom. The van der Waals surface area contributed by atoms with Crippen molar-refractivity contribution < 1.29 is 23.8 Å². The zero-order valence-corrected chi connectivity index (χ0v) is 28.6. The Kier molecular flexibility index (Phi) is 15.6. The van der Waals surface area contributed by atoms with Crippen LogP contribution in [0.4, 0.5) is 4.39 Å². The van der Waals surface area contributed by atoms with Gasteiger partial charge in [0.2, 0.25) is 5.88 Å². The smallest absolute Gasteiger partial charge is 0.335 e. The van der Waals surface area contributed by atoms with Gasteiger partial charge in [-0.25, -0.2) is 14.2 Å². The number of rotatable bonds is 10. The maximum absolute atomic E-state index is 14.0. The van der Waals surface area contributed by atoms with Gasteiger partial charge in [-0.2, -0.15) is 5.26 Å². The second kappa shape index (κ2) is 19.6. The van der Waals surface area contributed by atoms with Crippen molar-refractivity contribution in [3.63, 3.8) is 0 Å². The number of aromatic carboxylic acids is 1. The molecule has 3 heterocycles. The highest BCUT2D eigenvalue weighted by Crippen LogP contribution is 2.28. The molecule has 2 fully saturated rings. The third kappa shape index (κ3) is 12.6. The molecule has 2 aliphatic heterocycles. The number of carbonyl (C=O) groups is 1. The Bertz CT molecular complexity index is 1500. The number of carboxylic acid groups (broad SMARTS) is 1. The minimum atomic E-state index is -0.867. The molecular formula is C39H50FN3O4. The molecule has 0 amide bonds. The topological polar surface area (TPSA) is 95.7 Å². The van der Waals surface area contributed by atoms with Crippen molar-refractivity contribution in [2.24, 2.45) is 0 Å². The van der Waals surface area contributed by atoms with Crippen LogP contribution < -0.4 is 4.74 Å². The van der Waals surface area contributed by atoms with Gasteiger partial charge >= 0.3 is 5.97 Å². The Labute approximate surface area is 280 Å². The third-order valence-electron chi connectivity index (χ3n) is 8.70. The van der Waals surface area contributed by atoms with E-state index in [2.05, 4.69) is 36.7 Å². The zero-order valence-electron chi connectivity index (χ0n) is 28.6. The lowest BCUT2D eigenvalue weighted by atomic mass is 9.93. The highest BCUT2D eigenvalue weighted by atomic mass is 19.1. The normalized spacial score (nSPS) is 16.4. The number of allylic oxidation sites excluding steroid dienone is 1. The van der Waals surface area contributed by atoms with E-state index < -0.39 is 11.8 Å². The fraction of sp³-hybridized carbons (Fsp3) is 0.462. The van der Waals surface area contributed by atoms with Crippen LogP contribution in [0, 0.1) is 31.0 Å². The van der Waals surface area contributed by atoms with E-state index >= 15 is 0 Å². The number of hydrogen-bond donors (Lipinski definition) is 1. The lowest BCUT2D eigenvalue weighted by Crippen LogP contribution is -2.34. The molecule has 0 aliphatic carbocycles. The number of ether oxygens (including phenoxy) is 2. The SMILES string of the molecule is CC=C(C)CN1CCC(c2cccc(OCc3ccc(C#N)cc3F)n2)CC1.CCCCC1CCO1.Cc1ccc(C(=O)O)cc1C. The number of piperidine rings is 1. The van der Waals surface area contributed by atoms with E-state index in [0.29, 0.717) is 34.6 Å². The summed E-state index contributed by atoms with van der Waals surface area (Å²) < 4.78 is 24.9. The molecule has 1 atom stereocenters. The molecule has 1 N–H and O–H groups in total. The van der Waals surface area contributed by atoms with Crippen molar-refractivity contribution in [3.05, 3.63) is 106 Å². The summed E-state index contributed by atoms with van der Waals surface area (Å²) in [6, 6.07) is 17.2. The highest BCUT2D eigenvalue weighted by Gasteiger charge is 2.22. The molecule has 2 aliphatic rings. The molecule has 1 unspecified atom stereocenters. The summed E-state index contributed by atoms with van der Waals surface area (Å²) in [6.45, 7) is 14.6. The molecule has 0 bridgehead atoms. The van der Waals surface area contributed by atoms with Gasteiger partial charge in [0.25, 0.3) is 0 Å². The first kappa shape index (κ1) is 37.4. The van der Waals surface area contributed by atoms with Gasteiger partial charge in [0.1, 0.15) is 12.4 Å². The molecule has 5 rings (SSSR count). The molecule has 2 aromatic carbocycles. The van der Waals surface area contributed by atoms with Crippen LogP contribution in [0.3, 0.4) is 0 Å². The Morgan fingerprint density at radius 2 is 1.87 bits per heavy atom. The Balaban J connectivity index is 0.000000256. The Hall–Kier alpha value is -4.06. The molecular weight excluding hydrogens is 593 g/mol. The number of nitriles is 1. The van der Waals surface area contributed by atoms with E-state index in [1.54, 1.807) is 30.3 Å². The molecule has 8 heteroatoms. The van der Waals surface area contributed by atoms with Gasteiger partial charge < -0.3 is 14.6 Å². The van der Waals surface area contributed by atoms with Gasteiger partial charge in [0, 0.05) is 36.4 Å². The molecule has 0 radical (unpaired) electrons. The summed E-state index contributed by atoms with van der Waals surface area (Å²) in [6.07, 6.45) is 10.2. The zero-order chi connectivity index (χ0) is 34.2. The van der Waals surface area contributed by atoms with Gasteiger partial charge in [-0.15, -0.1) is 0 Å². The molecule has 0 spiro atoms. The summed E-state index contributed by atoms with van der Waals surface area (Å²) in [5.74, 6) is -0.363. The second-order valence-electron chi connectivity index (χ2n) is 12.3. The fourth-order valence-electron chi connectivity index (χ4n) is 5.27. The highest BCUT2D eigenvalue weighted by molar-refractivity contribution is 5.87. The molecule has 2 saturated heterocycles. The summed E-state index contributed by atoms with van der Waals surface area (Å²) in [5.41, 5.74) is 5.66. The number of nitrogens with zero attached hydrogens (tertiary/aromatic N) is 3. The number of halogens is 1. The van der Waals surface area contributed by atoms with Gasteiger partial charge in [-0.1, -0.05) is 49.6 Å². The van der Waals surface area contributed by atoms with Crippen molar-refractivity contribution in [1.82, 2.24) is 9.88 Å². The van der Waals surface area contributed by atoms with Crippen LogP contribution in [-0.4, -0.2) is 53.3 Å². The summed E-state index contributed by atoms with van der Waals surface area (Å²) in [5, 5.41) is 17.4. The number of aryl methyl sites for hydroxylation is 2. The van der Waals surface area contributed by atoms with E-state index in [1.165, 1.54) is 37.3 Å². The summed E-state index contributed by atoms with van der Waals surface area (Å²) >= 11 is 0. The van der Waals surface area contributed by atoms with Crippen molar-refractivity contribution in [2.75, 3.05) is 26.2 Å². The lowest BCUT2D eigenvalue weighted by Gasteiger charge is -2.32. The first-order valence-corrected chi connectivity index (χ1v) is 16.7. The van der Waals surface area contributed by atoms with Crippen LogP contribution in [0.2, 0.25) is 0 Å². The van der Waals surface area contributed by atoms with Crippen LogP contribution in [0.5, 0.6) is 5.88 Å². The van der Waals surface area contributed by atoms with Crippen molar-refractivity contribution in [3.8, 4) is 11.9 Å². The monoisotopic (exact) mass is 643 g/mol. The van der Waals surface area contributed by atoms with Crippen molar-refractivity contribution >= 4 is 5.97 Å². The van der Waals surface area contributed by atoms with Crippen LogP contribution in [0.15, 0.2) is 66.2 Å². The maximum atomic E-state index is 14.0. The number of unbranched alkanes of at least 4 members (excludes halogenated alkanes) is 1. The molecule has 3 aromatic rings. The van der Waals surface area contributed by atoms with E-state index in [0.717, 1.165) is 55.9 Å². The van der Waals surface area contributed by atoms with E-state index in [-0.39, 0.29) is 6.61 Å². The first-order valence-electron chi connectivity index (χ1n) is 16.7. The standard InChI is InChI=1S/C23H26FN3O.C9H10O2.C7H14O/c1-3-17(2)15-27-11-9-19(10-12-27)22-5-4-6-23(26-22)28-16-20-8-7-18(14-25)13-21(20)24;1-6-3-4-8(9(10)11)5-7(6)2;1-2-3-4-7-5-6-8-7/h3-8,13,19H,9-12,15-16H2,1-2H3;3-5H,1-2H3,(H,10,11);7H,2-6H2,1H3. The average Bonchev–Trinajstić information content (AvgIpc) is 3.05. The molecule has 1 aromatic heterocycles. The van der Waals surface area contributed by atoms with Crippen LogP contribution in [0.25, 0.3) is 0 Å². The number of benzene rings is 2. The predicted octanol–water partition coefficient (Wildman–Crippen LogP) is 8.78. The summed E-state index contributed by atoms with van der Waals surface area (Å²) in [7, 11) is 0. The van der Waals surface area contributed by atoms with E-state index in [4.69, 9.17) is 19.8 Å². The molecule has 7 nitrogen and oxygen atoms in total. The second-order valence-corrected chi connectivity index (χ2v) is 12.3. The van der Waals surface area contributed by atoms with Gasteiger partial charge in [-0.3, -0.25) is 4.90 Å². The number of hydrogen-bond acceptors (Lipinski definition) is 6. The number of aromatic nitrogens is 1. The maximum Gasteiger partial charge on any atom is 0.335 e. The summed E-state index contributed by atoms with van der Waals surface area (Å²) in [4.78, 5) is 17.6. The number of pyridine rings is 1. The Morgan fingerprint density at radius 3 is 2.45 bits per heavy atom. The largest absolute Gasteiger partial charge is 0.478 e. The third-order valence-corrected chi connectivity index (χ3v) is 8.70. The van der Waals surface area contributed by atoms with E-state index in [9.17, 15) is 9.18 Å². The first-order chi connectivity index (χ1) is 22.6. The minimum absolute atomic E-state index is 0.0923. The van der Waals surface area contributed by atoms with Crippen molar-refractivity contribution in [2.45, 2.75) is 91.8 Å². The average molecular weight is 644 g/mol. The van der Waals surface area contributed by atoms with Gasteiger partial charge in [0.05, 0.1) is 23.3 Å². The molecule has 47 heavy (non-hydrogen) atoms. The van der Waals surface area contributed by atoms with E-state index in [1.807, 2.05) is 38.1 Å². The van der Waals surface area contributed by atoms with Crippen LogP contribution >= 0.6 is 0 Å². The number of carboxylic acids is 1.